The van der Waals surface area contributed by atoms with E-state index in [1.165, 1.54) is 4.70 Å². The number of quaternary nitrogens is 1. The van der Waals surface area contributed by atoms with E-state index in [0.717, 1.165) is 28.4 Å². The minimum Gasteiger partial charge on any atom is -0.351 e. The molecule has 108 valence electrons. The molecule has 4 nitrogen and oxygen atoms in total. The van der Waals surface area contributed by atoms with Crippen molar-refractivity contribution in [2.75, 3.05) is 20.1 Å². The lowest BCUT2D eigenvalue weighted by atomic mass is 10.3. The van der Waals surface area contributed by atoms with Crippen molar-refractivity contribution in [3.63, 3.8) is 0 Å². The number of para-hydroxylation sites is 1. The number of fused-ring (bicyclic) bond motifs is 1. The number of likely N-dealkylation sites (N-methyl/N-ethyl adjacent to an activating group) is 1. The third-order valence-corrected chi connectivity index (χ3v) is 4.65. The first kappa shape index (κ1) is 14.9. The summed E-state index contributed by atoms with van der Waals surface area (Å²) in [6.07, 6.45) is 0.970. The van der Waals surface area contributed by atoms with Crippen LogP contribution in [0.5, 0.6) is 0 Å². The number of nitrogens with zero attached hydrogens (tertiary/aromatic N) is 1. The quantitative estimate of drug-likeness (QED) is 0.845. The van der Waals surface area contributed by atoms with Crippen molar-refractivity contribution >= 4 is 27.5 Å². The zero-order valence-electron chi connectivity index (χ0n) is 12.3. The smallest absolute Gasteiger partial charge is 0.275 e. The Labute approximate surface area is 123 Å². The van der Waals surface area contributed by atoms with Gasteiger partial charge in [-0.2, -0.15) is 0 Å². The molecule has 1 amide bonds. The lowest BCUT2D eigenvalue weighted by Crippen LogP contribution is -3.10. The summed E-state index contributed by atoms with van der Waals surface area (Å²) >= 11 is 1.71. The molecule has 0 aliphatic heterocycles. The Bertz CT molecular complexity index is 548. The number of aromatic nitrogens is 1. The molecule has 0 radical (unpaired) electrons. The number of amides is 1. The number of rotatable bonds is 6. The van der Waals surface area contributed by atoms with Gasteiger partial charge in [0.25, 0.3) is 5.91 Å². The summed E-state index contributed by atoms with van der Waals surface area (Å²) in [5.74, 6) is 0.109. The average Bonchev–Trinajstić information content (AvgIpc) is 2.87. The Morgan fingerprint density at radius 3 is 2.90 bits per heavy atom. The van der Waals surface area contributed by atoms with Gasteiger partial charge in [-0.25, -0.2) is 4.98 Å². The zero-order chi connectivity index (χ0) is 14.5. The predicted molar refractivity (Wildman–Crippen MR) is 83.1 cm³/mol. The highest BCUT2D eigenvalue weighted by Crippen LogP contribution is 2.24. The van der Waals surface area contributed by atoms with Crippen molar-refractivity contribution in [2.45, 2.75) is 26.3 Å². The number of carbonyl (C=O) groups is 1. The number of thiazole rings is 1. The number of hydrogen-bond donors (Lipinski definition) is 2. The molecule has 0 saturated heterocycles. The van der Waals surface area contributed by atoms with E-state index in [-0.39, 0.29) is 11.9 Å². The molecule has 2 rings (SSSR count). The molecule has 2 N–H and O–H groups in total. The molecule has 1 aromatic carbocycles. The van der Waals surface area contributed by atoms with Gasteiger partial charge in [0.15, 0.2) is 11.6 Å². The van der Waals surface area contributed by atoms with Crippen LogP contribution in [0.4, 0.5) is 0 Å². The molecule has 1 unspecified atom stereocenters. The second-order valence-corrected chi connectivity index (χ2v) is 6.18. The van der Waals surface area contributed by atoms with Gasteiger partial charge < -0.3 is 10.2 Å². The third kappa shape index (κ3) is 3.55. The summed E-state index contributed by atoms with van der Waals surface area (Å²) < 4.78 is 1.21. The first-order valence-corrected chi connectivity index (χ1v) is 7.88. The standard InChI is InChI=1S/C15H21N3OS/c1-4-9-16-14(19)10-18(3)11(2)15-17-12-7-5-6-8-13(12)20-15/h5-8,11H,4,9-10H2,1-3H3,(H,16,19)/p+1/t11-/m1/s1. The molecule has 2 atom stereocenters. The lowest BCUT2D eigenvalue weighted by molar-refractivity contribution is -0.902. The van der Waals surface area contributed by atoms with Gasteiger partial charge in [-0.1, -0.05) is 19.1 Å². The van der Waals surface area contributed by atoms with Gasteiger partial charge in [0.2, 0.25) is 0 Å². The van der Waals surface area contributed by atoms with Crippen LogP contribution >= 0.6 is 11.3 Å². The van der Waals surface area contributed by atoms with Gasteiger partial charge in [-0.05, 0) is 25.5 Å². The zero-order valence-corrected chi connectivity index (χ0v) is 13.1. The van der Waals surface area contributed by atoms with E-state index >= 15 is 0 Å². The van der Waals surface area contributed by atoms with E-state index in [2.05, 4.69) is 30.2 Å². The Hall–Kier alpha value is -1.46. The topological polar surface area (TPSA) is 46.4 Å². The van der Waals surface area contributed by atoms with Crippen molar-refractivity contribution in [2.24, 2.45) is 0 Å². The molecule has 1 aromatic heterocycles. The van der Waals surface area contributed by atoms with E-state index in [9.17, 15) is 4.79 Å². The van der Waals surface area contributed by atoms with Gasteiger partial charge in [0.1, 0.15) is 6.04 Å². The van der Waals surface area contributed by atoms with Crippen molar-refractivity contribution in [1.29, 1.82) is 0 Å². The Balaban J connectivity index is 2.02. The second kappa shape index (κ2) is 6.81. The molecular weight excluding hydrogens is 270 g/mol. The molecule has 0 spiro atoms. The predicted octanol–water partition coefficient (Wildman–Crippen LogP) is 1.40. The first-order valence-electron chi connectivity index (χ1n) is 7.06. The molecule has 0 aliphatic carbocycles. The maximum Gasteiger partial charge on any atom is 0.275 e. The van der Waals surface area contributed by atoms with E-state index < -0.39 is 0 Å². The van der Waals surface area contributed by atoms with Gasteiger partial charge in [-0.15, -0.1) is 11.3 Å². The van der Waals surface area contributed by atoms with Crippen LogP contribution in [0, 0.1) is 0 Å². The van der Waals surface area contributed by atoms with Crippen LogP contribution < -0.4 is 10.2 Å². The lowest BCUT2D eigenvalue weighted by Gasteiger charge is -2.19. The monoisotopic (exact) mass is 292 g/mol. The highest BCUT2D eigenvalue weighted by atomic mass is 32.1. The summed E-state index contributed by atoms with van der Waals surface area (Å²) in [5, 5.41) is 4.01. The van der Waals surface area contributed by atoms with Gasteiger partial charge >= 0.3 is 0 Å². The highest BCUT2D eigenvalue weighted by Gasteiger charge is 2.21. The number of nitrogens with one attached hydrogen (secondary N) is 2. The summed E-state index contributed by atoms with van der Waals surface area (Å²) in [5.41, 5.74) is 1.04. The Morgan fingerprint density at radius 2 is 2.20 bits per heavy atom. The molecule has 1 heterocycles. The van der Waals surface area contributed by atoms with Crippen LogP contribution in [0.1, 0.15) is 31.3 Å². The molecule has 0 fully saturated rings. The third-order valence-electron chi connectivity index (χ3n) is 3.43. The van der Waals surface area contributed by atoms with Gasteiger partial charge in [0, 0.05) is 6.54 Å². The van der Waals surface area contributed by atoms with Crippen LogP contribution in [0.2, 0.25) is 0 Å². The van der Waals surface area contributed by atoms with Crippen molar-refractivity contribution < 1.29 is 9.69 Å². The summed E-state index contributed by atoms with van der Waals surface area (Å²) in [6, 6.07) is 8.38. The van der Waals surface area contributed by atoms with Crippen LogP contribution in [-0.2, 0) is 4.79 Å². The fourth-order valence-corrected chi connectivity index (χ4v) is 3.13. The Morgan fingerprint density at radius 1 is 1.45 bits per heavy atom. The Kier molecular flexibility index (Phi) is 5.09. The maximum absolute atomic E-state index is 11.8. The SMILES string of the molecule is CCCNC(=O)C[NH+](C)[C@H](C)c1nc2ccccc2s1. The normalized spacial score (nSPS) is 14.2. The van der Waals surface area contributed by atoms with Crippen LogP contribution in [0.25, 0.3) is 10.2 Å². The van der Waals surface area contributed by atoms with E-state index in [1.54, 1.807) is 11.3 Å². The molecule has 5 heteroatoms. The highest BCUT2D eigenvalue weighted by molar-refractivity contribution is 7.18. The van der Waals surface area contributed by atoms with Crippen molar-refractivity contribution in [1.82, 2.24) is 10.3 Å². The van der Waals surface area contributed by atoms with E-state index in [0.29, 0.717) is 6.54 Å². The van der Waals surface area contributed by atoms with Gasteiger partial charge in [0.05, 0.1) is 17.3 Å². The molecule has 20 heavy (non-hydrogen) atoms. The van der Waals surface area contributed by atoms with E-state index in [4.69, 9.17) is 0 Å². The molecule has 0 aliphatic rings. The fourth-order valence-electron chi connectivity index (χ4n) is 2.02. The minimum atomic E-state index is 0.109. The molecular formula is C15H22N3OS+. The maximum atomic E-state index is 11.8. The van der Waals surface area contributed by atoms with Crippen LogP contribution in [0.15, 0.2) is 24.3 Å². The minimum absolute atomic E-state index is 0.109. The fraction of sp³-hybridized carbons (Fsp3) is 0.467. The molecule has 0 bridgehead atoms. The second-order valence-electron chi connectivity index (χ2n) is 5.11. The molecule has 0 saturated carbocycles. The number of hydrogen-bond acceptors (Lipinski definition) is 3. The molecule has 2 aromatic rings. The first-order chi connectivity index (χ1) is 9.61. The van der Waals surface area contributed by atoms with E-state index in [1.807, 2.05) is 25.2 Å². The summed E-state index contributed by atoms with van der Waals surface area (Å²) in [6.45, 7) is 5.42. The van der Waals surface area contributed by atoms with Crippen LogP contribution in [0.3, 0.4) is 0 Å². The van der Waals surface area contributed by atoms with Crippen LogP contribution in [-0.4, -0.2) is 31.0 Å². The van der Waals surface area contributed by atoms with Crippen molar-refractivity contribution in [3.05, 3.63) is 29.3 Å². The summed E-state index contributed by atoms with van der Waals surface area (Å²) in [7, 11) is 2.04. The summed E-state index contributed by atoms with van der Waals surface area (Å²) in [4.78, 5) is 17.6. The largest absolute Gasteiger partial charge is 0.351 e. The average molecular weight is 292 g/mol. The van der Waals surface area contributed by atoms with Crippen molar-refractivity contribution in [3.8, 4) is 0 Å². The van der Waals surface area contributed by atoms with Gasteiger partial charge in [-0.3, -0.25) is 4.79 Å². The number of benzene rings is 1. The number of carbonyl (C=O) groups excluding carboxylic acids is 1.